The second kappa shape index (κ2) is 6.95. The van der Waals surface area contributed by atoms with Gasteiger partial charge in [0.25, 0.3) is 0 Å². The van der Waals surface area contributed by atoms with E-state index in [0.29, 0.717) is 19.1 Å². The monoisotopic (exact) mass is 260 g/mol. The Balaban J connectivity index is 4.30. The number of hydrogen-bond donors (Lipinski definition) is 2. The van der Waals surface area contributed by atoms with Gasteiger partial charge in [0, 0.05) is 12.0 Å². The van der Waals surface area contributed by atoms with E-state index in [-0.39, 0.29) is 5.41 Å². The Morgan fingerprint density at radius 3 is 2.22 bits per heavy atom. The van der Waals surface area contributed by atoms with E-state index < -0.39 is 11.7 Å². The topological polar surface area (TPSA) is 73.6 Å². The van der Waals surface area contributed by atoms with Crippen molar-refractivity contribution in [2.75, 3.05) is 13.2 Å². The first-order valence-corrected chi connectivity index (χ1v) is 6.36. The molecule has 0 saturated heterocycles. The maximum absolute atomic E-state index is 11.6. The standard InChI is InChI=1S/C13H28N2O3/c1-10(2)7-13(6,9-17-14)8-15-11(16)18-12(3,4)5/h10H,7-9,14H2,1-6H3,(H,15,16). The van der Waals surface area contributed by atoms with Gasteiger partial charge in [-0.25, -0.2) is 10.7 Å². The number of amides is 1. The molecule has 0 heterocycles. The molecular weight excluding hydrogens is 232 g/mol. The molecule has 108 valence electrons. The molecule has 0 rings (SSSR count). The van der Waals surface area contributed by atoms with Crippen LogP contribution in [0.5, 0.6) is 0 Å². The van der Waals surface area contributed by atoms with E-state index in [1.165, 1.54) is 0 Å². The minimum atomic E-state index is -0.483. The number of carbonyl (C=O) groups excluding carboxylic acids is 1. The second-order valence-corrected chi connectivity index (χ2v) is 6.58. The number of nitrogens with two attached hydrogens (primary N) is 1. The lowest BCUT2D eigenvalue weighted by Gasteiger charge is -2.31. The largest absolute Gasteiger partial charge is 0.444 e. The van der Waals surface area contributed by atoms with Crippen LogP contribution in [0.15, 0.2) is 0 Å². The van der Waals surface area contributed by atoms with Gasteiger partial charge in [-0.2, -0.15) is 0 Å². The molecule has 0 spiro atoms. The van der Waals surface area contributed by atoms with Gasteiger partial charge in [0.2, 0.25) is 0 Å². The number of nitrogens with one attached hydrogen (secondary N) is 1. The second-order valence-electron chi connectivity index (χ2n) is 6.58. The molecule has 0 aromatic carbocycles. The maximum atomic E-state index is 11.6. The maximum Gasteiger partial charge on any atom is 0.407 e. The molecule has 0 aromatic heterocycles. The van der Waals surface area contributed by atoms with Gasteiger partial charge < -0.3 is 14.9 Å². The predicted molar refractivity (Wildman–Crippen MR) is 71.9 cm³/mol. The van der Waals surface area contributed by atoms with Crippen molar-refractivity contribution in [3.05, 3.63) is 0 Å². The lowest BCUT2D eigenvalue weighted by Crippen LogP contribution is -2.42. The van der Waals surface area contributed by atoms with Crippen molar-refractivity contribution in [3.63, 3.8) is 0 Å². The number of rotatable bonds is 6. The van der Waals surface area contributed by atoms with Crippen LogP contribution in [0.1, 0.15) is 48.0 Å². The van der Waals surface area contributed by atoms with E-state index in [2.05, 4.69) is 19.2 Å². The van der Waals surface area contributed by atoms with Gasteiger partial charge in [0.05, 0.1) is 6.61 Å². The van der Waals surface area contributed by atoms with E-state index in [0.717, 1.165) is 6.42 Å². The van der Waals surface area contributed by atoms with Gasteiger partial charge in [-0.15, -0.1) is 0 Å². The van der Waals surface area contributed by atoms with Crippen molar-refractivity contribution < 1.29 is 14.4 Å². The molecule has 0 aliphatic rings. The SMILES string of the molecule is CC(C)CC(C)(CNC(=O)OC(C)(C)C)CON. The number of carbonyl (C=O) groups is 1. The normalized spacial score (nSPS) is 15.3. The first-order valence-electron chi connectivity index (χ1n) is 6.36. The molecule has 18 heavy (non-hydrogen) atoms. The van der Waals surface area contributed by atoms with Gasteiger partial charge in [-0.1, -0.05) is 20.8 Å². The molecule has 1 unspecified atom stereocenters. The van der Waals surface area contributed by atoms with Gasteiger partial charge >= 0.3 is 6.09 Å². The highest BCUT2D eigenvalue weighted by Crippen LogP contribution is 2.25. The Labute approximate surface area is 110 Å². The minimum Gasteiger partial charge on any atom is -0.444 e. The molecule has 0 radical (unpaired) electrons. The van der Waals surface area contributed by atoms with Gasteiger partial charge in [0.1, 0.15) is 5.60 Å². The molecule has 0 bridgehead atoms. The van der Waals surface area contributed by atoms with Crippen LogP contribution >= 0.6 is 0 Å². The zero-order chi connectivity index (χ0) is 14.4. The van der Waals surface area contributed by atoms with Crippen LogP contribution in [0.3, 0.4) is 0 Å². The fourth-order valence-electron chi connectivity index (χ4n) is 1.97. The summed E-state index contributed by atoms with van der Waals surface area (Å²) in [6, 6.07) is 0. The third kappa shape index (κ3) is 8.31. The predicted octanol–water partition coefficient (Wildman–Crippen LogP) is 2.45. The van der Waals surface area contributed by atoms with Crippen molar-refractivity contribution in [3.8, 4) is 0 Å². The van der Waals surface area contributed by atoms with Crippen LogP contribution in [0.2, 0.25) is 0 Å². The Morgan fingerprint density at radius 2 is 1.83 bits per heavy atom. The summed E-state index contributed by atoms with van der Waals surface area (Å²) in [4.78, 5) is 16.3. The lowest BCUT2D eigenvalue weighted by molar-refractivity contribution is 0.0290. The molecule has 0 saturated carbocycles. The molecule has 0 aliphatic heterocycles. The van der Waals surface area contributed by atoms with Crippen molar-refractivity contribution in [2.45, 2.75) is 53.6 Å². The minimum absolute atomic E-state index is 0.181. The molecule has 0 aromatic rings. The van der Waals surface area contributed by atoms with Crippen molar-refractivity contribution in [1.82, 2.24) is 5.32 Å². The average Bonchev–Trinajstić information content (AvgIpc) is 2.11. The summed E-state index contributed by atoms with van der Waals surface area (Å²) in [5, 5.41) is 2.77. The molecule has 0 aliphatic carbocycles. The number of alkyl carbamates (subject to hydrolysis) is 1. The summed E-state index contributed by atoms with van der Waals surface area (Å²) in [5.74, 6) is 5.66. The Morgan fingerprint density at radius 1 is 1.28 bits per heavy atom. The highest BCUT2D eigenvalue weighted by molar-refractivity contribution is 5.67. The molecule has 1 amide bonds. The van der Waals surface area contributed by atoms with Crippen LogP contribution in [0.25, 0.3) is 0 Å². The van der Waals surface area contributed by atoms with E-state index in [9.17, 15) is 4.79 Å². The summed E-state index contributed by atoms with van der Waals surface area (Å²) in [7, 11) is 0. The molecule has 3 N–H and O–H groups in total. The fourth-order valence-corrected chi connectivity index (χ4v) is 1.97. The Bertz CT molecular complexity index is 261. The summed E-state index contributed by atoms with van der Waals surface area (Å²) in [5.41, 5.74) is -0.664. The smallest absolute Gasteiger partial charge is 0.407 e. The summed E-state index contributed by atoms with van der Waals surface area (Å²) in [6.45, 7) is 12.7. The van der Waals surface area contributed by atoms with Crippen LogP contribution in [0, 0.1) is 11.3 Å². The first-order chi connectivity index (χ1) is 8.08. The van der Waals surface area contributed by atoms with Crippen LogP contribution in [-0.2, 0) is 9.57 Å². The van der Waals surface area contributed by atoms with Gasteiger partial charge in [-0.05, 0) is 33.1 Å². The highest BCUT2D eigenvalue weighted by atomic mass is 16.6. The summed E-state index contributed by atoms with van der Waals surface area (Å²) in [6.07, 6.45) is 0.509. The Kier molecular flexibility index (Phi) is 6.63. The van der Waals surface area contributed by atoms with Crippen molar-refractivity contribution in [2.24, 2.45) is 17.2 Å². The van der Waals surface area contributed by atoms with Crippen molar-refractivity contribution >= 4 is 6.09 Å². The van der Waals surface area contributed by atoms with E-state index in [1.807, 2.05) is 27.7 Å². The molecule has 1 atom stereocenters. The number of ether oxygens (including phenoxy) is 1. The lowest BCUT2D eigenvalue weighted by atomic mass is 9.82. The third-order valence-corrected chi connectivity index (χ3v) is 2.39. The quantitative estimate of drug-likeness (QED) is 0.719. The van der Waals surface area contributed by atoms with Gasteiger partial charge in [-0.3, -0.25) is 0 Å². The average molecular weight is 260 g/mol. The fraction of sp³-hybridized carbons (Fsp3) is 0.923. The van der Waals surface area contributed by atoms with Crippen LogP contribution in [-0.4, -0.2) is 24.8 Å². The van der Waals surface area contributed by atoms with Gasteiger partial charge in [0.15, 0.2) is 0 Å². The van der Waals surface area contributed by atoms with Crippen LogP contribution in [0.4, 0.5) is 4.79 Å². The highest BCUT2D eigenvalue weighted by Gasteiger charge is 2.27. The summed E-state index contributed by atoms with van der Waals surface area (Å²) >= 11 is 0. The zero-order valence-electron chi connectivity index (χ0n) is 12.5. The van der Waals surface area contributed by atoms with Crippen LogP contribution < -0.4 is 11.2 Å². The first kappa shape index (κ1) is 17.2. The van der Waals surface area contributed by atoms with E-state index in [1.54, 1.807) is 0 Å². The zero-order valence-corrected chi connectivity index (χ0v) is 12.5. The molecule has 5 heteroatoms. The van der Waals surface area contributed by atoms with E-state index >= 15 is 0 Å². The van der Waals surface area contributed by atoms with E-state index in [4.69, 9.17) is 15.5 Å². The molecular formula is C13H28N2O3. The molecule has 0 fully saturated rings. The summed E-state index contributed by atoms with van der Waals surface area (Å²) < 4.78 is 5.19. The van der Waals surface area contributed by atoms with Crippen molar-refractivity contribution in [1.29, 1.82) is 0 Å². The third-order valence-electron chi connectivity index (χ3n) is 2.39. The Hall–Kier alpha value is -0.810. The molecule has 5 nitrogen and oxygen atoms in total. The number of hydrogen-bond acceptors (Lipinski definition) is 4.